The molecule has 1 aromatic carbocycles. The number of nitrogens with one attached hydrogen (secondary N) is 2. The summed E-state index contributed by atoms with van der Waals surface area (Å²) in [5.74, 6) is -0.164. The summed E-state index contributed by atoms with van der Waals surface area (Å²) in [6.07, 6.45) is 5.10. The van der Waals surface area contributed by atoms with Crippen molar-refractivity contribution in [2.45, 2.75) is 94.1 Å². The number of rotatable bonds is 7. The van der Waals surface area contributed by atoms with Gasteiger partial charge in [-0.3, -0.25) is 4.79 Å². The third-order valence-corrected chi connectivity index (χ3v) is 9.40. The molecule has 3 N–H and O–H groups in total. The summed E-state index contributed by atoms with van der Waals surface area (Å²) in [4.78, 5) is 38.1. The number of aliphatic hydroxyl groups is 1. The number of amides is 1. The molecule has 2 heterocycles. The summed E-state index contributed by atoms with van der Waals surface area (Å²) in [5.41, 5.74) is 0.343. The van der Waals surface area contributed by atoms with Crippen molar-refractivity contribution in [2.24, 2.45) is 5.92 Å². The zero-order valence-corrected chi connectivity index (χ0v) is 22.6. The van der Waals surface area contributed by atoms with Crippen LogP contribution < -0.4 is 20.1 Å². The number of hydrogen-bond donors (Lipinski definition) is 3. The quantitative estimate of drug-likeness (QED) is 0.443. The maximum atomic E-state index is 13.1. The lowest BCUT2D eigenvalue weighted by Gasteiger charge is -2.59. The van der Waals surface area contributed by atoms with E-state index in [1.807, 2.05) is 6.07 Å². The Hall–Kier alpha value is -3.11. The molecule has 1 spiro atoms. The first kappa shape index (κ1) is 26.1. The fourth-order valence-corrected chi connectivity index (χ4v) is 7.49. The van der Waals surface area contributed by atoms with Crippen molar-refractivity contribution < 1.29 is 38.4 Å². The largest absolute Gasteiger partial charge is 0.493 e. The van der Waals surface area contributed by atoms with Gasteiger partial charge < -0.3 is 34.7 Å². The van der Waals surface area contributed by atoms with Crippen molar-refractivity contribution in [1.29, 1.82) is 0 Å². The molecule has 10 heteroatoms. The standard InChI is InChI=1S/C29H36N2O8/c1-15(31-25(32)19-7-5-13-30-19)26(33)37-16(2)27(34)38-21-10-12-29(35)18-6-4-11-28(29)22-17(14-18)8-9-20(36-3)23(22)39-24(21)28/h8-10,15-16,18-19,24,30,35H,4-7,11-14H2,1-3H3,(H,31,32)/t15-,16-,18-,19-,24+,28+,29-/m0/s1. The Labute approximate surface area is 227 Å². The highest BCUT2D eigenvalue weighted by molar-refractivity contribution is 5.88. The highest BCUT2D eigenvalue weighted by Gasteiger charge is 2.71. The van der Waals surface area contributed by atoms with Crippen molar-refractivity contribution in [3.63, 3.8) is 0 Å². The predicted molar refractivity (Wildman–Crippen MR) is 138 cm³/mol. The summed E-state index contributed by atoms with van der Waals surface area (Å²) in [6.45, 7) is 3.72. The van der Waals surface area contributed by atoms with Gasteiger partial charge in [-0.2, -0.15) is 0 Å². The third-order valence-electron chi connectivity index (χ3n) is 9.40. The number of esters is 2. The zero-order chi connectivity index (χ0) is 27.5. The first-order valence-corrected chi connectivity index (χ1v) is 13.9. The van der Waals surface area contributed by atoms with Crippen molar-refractivity contribution in [2.75, 3.05) is 13.7 Å². The van der Waals surface area contributed by atoms with E-state index in [0.717, 1.165) is 43.4 Å². The van der Waals surface area contributed by atoms with E-state index in [1.165, 1.54) is 13.8 Å². The maximum Gasteiger partial charge on any atom is 0.352 e. The van der Waals surface area contributed by atoms with Crippen molar-refractivity contribution in [3.05, 3.63) is 35.1 Å². The van der Waals surface area contributed by atoms with E-state index in [1.54, 1.807) is 13.2 Å². The lowest BCUT2D eigenvalue weighted by Crippen LogP contribution is -2.67. The van der Waals surface area contributed by atoms with Crippen LogP contribution in [0, 0.1) is 5.92 Å². The molecule has 10 nitrogen and oxygen atoms in total. The van der Waals surface area contributed by atoms with E-state index in [-0.39, 0.29) is 17.9 Å². The molecule has 39 heavy (non-hydrogen) atoms. The van der Waals surface area contributed by atoms with E-state index in [9.17, 15) is 19.5 Å². The van der Waals surface area contributed by atoms with Crippen LogP contribution in [0.3, 0.4) is 0 Å². The van der Waals surface area contributed by atoms with Gasteiger partial charge >= 0.3 is 11.9 Å². The van der Waals surface area contributed by atoms with Crippen molar-refractivity contribution in [3.8, 4) is 11.5 Å². The molecule has 2 fully saturated rings. The van der Waals surface area contributed by atoms with Gasteiger partial charge in [0.1, 0.15) is 11.8 Å². The van der Waals surface area contributed by atoms with Gasteiger partial charge in [-0.15, -0.1) is 0 Å². The lowest BCUT2D eigenvalue weighted by molar-refractivity contribution is -0.172. The fourth-order valence-electron chi connectivity index (χ4n) is 7.49. The molecule has 2 bridgehead atoms. The Morgan fingerprint density at radius 1 is 1.18 bits per heavy atom. The molecule has 5 aliphatic rings. The van der Waals surface area contributed by atoms with Crippen LogP contribution in [0.2, 0.25) is 0 Å². The zero-order valence-electron chi connectivity index (χ0n) is 22.6. The molecule has 1 amide bonds. The average molecular weight is 541 g/mol. The van der Waals surface area contributed by atoms with Crippen molar-refractivity contribution in [1.82, 2.24) is 10.6 Å². The Bertz CT molecular complexity index is 1240. The molecule has 210 valence electrons. The van der Waals surface area contributed by atoms with Gasteiger partial charge in [-0.05, 0) is 82.5 Å². The SMILES string of the molecule is COc1ccc2c3c1O[C@@H]1C(OC(=O)[C@H](C)OC(=O)[C@H](C)NC(=O)[C@@H]4CCCN4)=CC[C@]4(O)[C@@H](CCC[C@@]314)C2. The van der Waals surface area contributed by atoms with Crippen LogP contribution in [-0.4, -0.2) is 66.5 Å². The first-order chi connectivity index (χ1) is 18.7. The second kappa shape index (κ2) is 9.52. The smallest absolute Gasteiger partial charge is 0.352 e. The van der Waals surface area contributed by atoms with Crippen LogP contribution in [0.4, 0.5) is 0 Å². The minimum absolute atomic E-state index is 0.0775. The molecule has 2 aliphatic heterocycles. The molecule has 3 aliphatic carbocycles. The Morgan fingerprint density at radius 2 is 2.00 bits per heavy atom. The van der Waals surface area contributed by atoms with Crippen LogP contribution in [0.25, 0.3) is 0 Å². The van der Waals surface area contributed by atoms with Crippen LogP contribution >= 0.6 is 0 Å². The van der Waals surface area contributed by atoms with Gasteiger partial charge in [0.05, 0.1) is 24.2 Å². The number of methoxy groups -OCH3 is 1. The number of hydrogen-bond acceptors (Lipinski definition) is 9. The summed E-state index contributed by atoms with van der Waals surface area (Å²) < 4.78 is 23.3. The molecule has 7 atom stereocenters. The Morgan fingerprint density at radius 3 is 2.74 bits per heavy atom. The topological polar surface area (TPSA) is 132 Å². The van der Waals surface area contributed by atoms with Gasteiger partial charge in [0.2, 0.25) is 5.91 Å². The number of benzene rings is 1. The molecule has 6 rings (SSSR count). The molecular weight excluding hydrogens is 504 g/mol. The lowest BCUT2D eigenvalue weighted by atomic mass is 9.47. The molecular formula is C29H36N2O8. The second-order valence-electron chi connectivity index (χ2n) is 11.5. The van der Waals surface area contributed by atoms with E-state index < -0.39 is 41.2 Å². The van der Waals surface area contributed by atoms with E-state index >= 15 is 0 Å². The van der Waals surface area contributed by atoms with Crippen LogP contribution in [0.15, 0.2) is 24.0 Å². The molecule has 1 aromatic rings. The van der Waals surface area contributed by atoms with Crippen LogP contribution in [-0.2, 0) is 35.7 Å². The van der Waals surface area contributed by atoms with Crippen LogP contribution in [0.5, 0.6) is 11.5 Å². The molecule has 0 unspecified atom stereocenters. The minimum Gasteiger partial charge on any atom is -0.493 e. The van der Waals surface area contributed by atoms with Crippen LogP contribution in [0.1, 0.15) is 63.5 Å². The monoisotopic (exact) mass is 540 g/mol. The Balaban J connectivity index is 1.19. The summed E-state index contributed by atoms with van der Waals surface area (Å²) in [6, 6.07) is 2.70. The fraction of sp³-hybridized carbons (Fsp3) is 0.621. The highest BCUT2D eigenvalue weighted by atomic mass is 16.6. The first-order valence-electron chi connectivity index (χ1n) is 13.9. The highest BCUT2D eigenvalue weighted by Crippen LogP contribution is 2.67. The number of carbonyl (C=O) groups is 3. The van der Waals surface area contributed by atoms with E-state index in [4.69, 9.17) is 18.9 Å². The maximum absolute atomic E-state index is 13.1. The minimum atomic E-state index is -1.21. The molecule has 0 aromatic heterocycles. The summed E-state index contributed by atoms with van der Waals surface area (Å²) in [5, 5.41) is 17.9. The number of ether oxygens (including phenoxy) is 4. The van der Waals surface area contributed by atoms with Gasteiger partial charge in [0.25, 0.3) is 0 Å². The summed E-state index contributed by atoms with van der Waals surface area (Å²) >= 11 is 0. The molecule has 1 saturated heterocycles. The van der Waals surface area contributed by atoms with Crippen molar-refractivity contribution >= 4 is 17.8 Å². The molecule has 0 radical (unpaired) electrons. The van der Waals surface area contributed by atoms with Gasteiger partial charge in [-0.25, -0.2) is 9.59 Å². The predicted octanol–water partition coefficient (Wildman–Crippen LogP) is 1.80. The normalized spacial score (nSPS) is 33.1. The van der Waals surface area contributed by atoms with Gasteiger partial charge in [-0.1, -0.05) is 12.5 Å². The summed E-state index contributed by atoms with van der Waals surface area (Å²) in [7, 11) is 1.58. The number of carbonyl (C=O) groups excluding carboxylic acids is 3. The van der Waals surface area contributed by atoms with Gasteiger partial charge in [0.15, 0.2) is 23.7 Å². The molecule has 1 saturated carbocycles. The third kappa shape index (κ3) is 3.86. The average Bonchev–Trinajstić information content (AvgIpc) is 3.56. The second-order valence-corrected chi connectivity index (χ2v) is 11.5. The van der Waals surface area contributed by atoms with Gasteiger partial charge in [0, 0.05) is 5.56 Å². The van der Waals surface area contributed by atoms with E-state index in [0.29, 0.717) is 36.5 Å². The van der Waals surface area contributed by atoms with E-state index in [2.05, 4.69) is 16.7 Å². The Kier molecular flexibility index (Phi) is 6.38.